The third-order valence-corrected chi connectivity index (χ3v) is 3.98. The predicted octanol–water partition coefficient (Wildman–Crippen LogP) is 1.33. The van der Waals surface area contributed by atoms with Crippen LogP contribution < -0.4 is 0 Å². The topological polar surface area (TPSA) is 55.4 Å². The number of imidazole rings is 1. The summed E-state index contributed by atoms with van der Waals surface area (Å²) in [5, 5.41) is 9.67. The number of aliphatic hydroxyl groups excluding tert-OH is 1. The first kappa shape index (κ1) is 13.8. The number of hydrogen-bond acceptors (Lipinski definition) is 4. The largest absolute Gasteiger partial charge is 0.395 e. The fourth-order valence-electron chi connectivity index (χ4n) is 2.63. The van der Waals surface area contributed by atoms with E-state index < -0.39 is 0 Å². The molecule has 0 spiro atoms. The molecule has 1 saturated heterocycles. The Morgan fingerprint density at radius 3 is 2.70 bits per heavy atom. The van der Waals surface area contributed by atoms with Crippen LogP contribution in [0.2, 0.25) is 5.02 Å². The van der Waals surface area contributed by atoms with Crippen molar-refractivity contribution in [2.24, 2.45) is 0 Å². The SMILES string of the molecule is OCCN1CCN(Cc2nc3ccc(Cl)cc3[nH]2)CC1. The van der Waals surface area contributed by atoms with Gasteiger partial charge in [0.1, 0.15) is 5.82 Å². The van der Waals surface area contributed by atoms with Gasteiger partial charge in [0.05, 0.1) is 24.2 Å². The van der Waals surface area contributed by atoms with Crippen molar-refractivity contribution < 1.29 is 5.11 Å². The molecule has 0 bridgehead atoms. The van der Waals surface area contributed by atoms with E-state index in [-0.39, 0.29) is 6.61 Å². The molecule has 1 aromatic heterocycles. The second-order valence-electron chi connectivity index (χ2n) is 5.19. The van der Waals surface area contributed by atoms with Gasteiger partial charge in [-0.05, 0) is 18.2 Å². The molecule has 1 aliphatic heterocycles. The van der Waals surface area contributed by atoms with Crippen LogP contribution in [-0.4, -0.2) is 64.2 Å². The average molecular weight is 295 g/mol. The zero-order valence-electron chi connectivity index (χ0n) is 11.3. The number of fused-ring (bicyclic) bond motifs is 1. The van der Waals surface area contributed by atoms with Gasteiger partial charge in [-0.25, -0.2) is 4.98 Å². The zero-order valence-corrected chi connectivity index (χ0v) is 12.1. The number of nitrogens with zero attached hydrogens (tertiary/aromatic N) is 3. The molecule has 2 aromatic rings. The summed E-state index contributed by atoms with van der Waals surface area (Å²) in [6.07, 6.45) is 0. The number of halogens is 1. The van der Waals surface area contributed by atoms with Crippen molar-refractivity contribution in [3.05, 3.63) is 29.0 Å². The number of H-pyrrole nitrogens is 1. The van der Waals surface area contributed by atoms with Gasteiger partial charge in [0.25, 0.3) is 0 Å². The van der Waals surface area contributed by atoms with Gasteiger partial charge in [0.15, 0.2) is 0 Å². The van der Waals surface area contributed by atoms with Crippen molar-refractivity contribution in [1.82, 2.24) is 19.8 Å². The van der Waals surface area contributed by atoms with E-state index >= 15 is 0 Å². The highest BCUT2D eigenvalue weighted by molar-refractivity contribution is 6.31. The van der Waals surface area contributed by atoms with Gasteiger partial charge in [-0.1, -0.05) is 11.6 Å². The lowest BCUT2D eigenvalue weighted by atomic mass is 10.3. The molecule has 0 radical (unpaired) electrons. The lowest BCUT2D eigenvalue weighted by Crippen LogP contribution is -2.46. The molecule has 3 rings (SSSR count). The van der Waals surface area contributed by atoms with Crippen LogP contribution in [0.25, 0.3) is 11.0 Å². The van der Waals surface area contributed by atoms with Gasteiger partial charge < -0.3 is 10.1 Å². The predicted molar refractivity (Wildman–Crippen MR) is 79.9 cm³/mol. The summed E-state index contributed by atoms with van der Waals surface area (Å²) in [7, 11) is 0. The lowest BCUT2D eigenvalue weighted by Gasteiger charge is -2.33. The highest BCUT2D eigenvalue weighted by Crippen LogP contribution is 2.18. The van der Waals surface area contributed by atoms with Crippen molar-refractivity contribution in [3.8, 4) is 0 Å². The minimum atomic E-state index is 0.240. The summed E-state index contributed by atoms with van der Waals surface area (Å²) in [5.74, 6) is 0.984. The molecule has 1 aliphatic rings. The maximum Gasteiger partial charge on any atom is 0.121 e. The van der Waals surface area contributed by atoms with Gasteiger partial charge in [0.2, 0.25) is 0 Å². The standard InChI is InChI=1S/C14H19ClN4O/c15-11-1-2-12-13(9-11)17-14(16-12)10-19-5-3-18(4-6-19)7-8-20/h1-2,9,20H,3-8,10H2,(H,16,17). The molecule has 108 valence electrons. The number of hydrogen-bond donors (Lipinski definition) is 2. The van der Waals surface area contributed by atoms with Gasteiger partial charge in [-0.15, -0.1) is 0 Å². The van der Waals surface area contributed by atoms with E-state index in [0.29, 0.717) is 0 Å². The molecule has 6 heteroatoms. The number of aromatic nitrogens is 2. The highest BCUT2D eigenvalue weighted by atomic mass is 35.5. The van der Waals surface area contributed by atoms with Crippen LogP contribution in [0.5, 0.6) is 0 Å². The number of aliphatic hydroxyl groups is 1. The highest BCUT2D eigenvalue weighted by Gasteiger charge is 2.17. The molecule has 20 heavy (non-hydrogen) atoms. The normalized spacial score (nSPS) is 17.9. The van der Waals surface area contributed by atoms with Crippen LogP contribution in [0.4, 0.5) is 0 Å². The van der Waals surface area contributed by atoms with Gasteiger partial charge in [0, 0.05) is 37.7 Å². The summed E-state index contributed by atoms with van der Waals surface area (Å²) in [5.41, 5.74) is 1.95. The smallest absolute Gasteiger partial charge is 0.121 e. The Kier molecular flexibility index (Phi) is 4.21. The van der Waals surface area contributed by atoms with Gasteiger partial charge in [-0.2, -0.15) is 0 Å². The minimum Gasteiger partial charge on any atom is -0.395 e. The number of rotatable bonds is 4. The molecule has 2 N–H and O–H groups in total. The van der Waals surface area contributed by atoms with E-state index in [1.54, 1.807) is 0 Å². The first-order chi connectivity index (χ1) is 9.74. The molecule has 1 fully saturated rings. The second kappa shape index (κ2) is 6.10. The van der Waals surface area contributed by atoms with Crippen molar-refractivity contribution >= 4 is 22.6 Å². The number of aromatic amines is 1. The Morgan fingerprint density at radius 1 is 1.20 bits per heavy atom. The van der Waals surface area contributed by atoms with Crippen LogP contribution in [0.15, 0.2) is 18.2 Å². The fraction of sp³-hybridized carbons (Fsp3) is 0.500. The Morgan fingerprint density at radius 2 is 1.95 bits per heavy atom. The number of benzene rings is 1. The first-order valence-corrected chi connectivity index (χ1v) is 7.32. The van der Waals surface area contributed by atoms with E-state index in [9.17, 15) is 0 Å². The fourth-order valence-corrected chi connectivity index (χ4v) is 2.81. The molecule has 0 unspecified atom stereocenters. The molecule has 5 nitrogen and oxygen atoms in total. The summed E-state index contributed by atoms with van der Waals surface area (Å²) in [6, 6.07) is 5.71. The first-order valence-electron chi connectivity index (χ1n) is 6.94. The summed E-state index contributed by atoms with van der Waals surface area (Å²) in [4.78, 5) is 12.6. The minimum absolute atomic E-state index is 0.240. The molecule has 0 amide bonds. The van der Waals surface area contributed by atoms with Crippen LogP contribution in [-0.2, 0) is 6.54 Å². The molecule has 1 aromatic carbocycles. The van der Waals surface area contributed by atoms with Crippen molar-refractivity contribution in [2.75, 3.05) is 39.3 Å². The molecule has 0 saturated carbocycles. The molecule has 2 heterocycles. The van der Waals surface area contributed by atoms with Crippen molar-refractivity contribution in [2.45, 2.75) is 6.54 Å². The summed E-state index contributed by atoms with van der Waals surface area (Å²) >= 11 is 5.98. The number of piperazine rings is 1. The summed E-state index contributed by atoms with van der Waals surface area (Å²) < 4.78 is 0. The van der Waals surface area contributed by atoms with Gasteiger partial charge in [-0.3, -0.25) is 9.80 Å². The van der Waals surface area contributed by atoms with Crippen LogP contribution in [0.3, 0.4) is 0 Å². The van der Waals surface area contributed by atoms with E-state index in [2.05, 4.69) is 19.8 Å². The van der Waals surface area contributed by atoms with Crippen LogP contribution in [0.1, 0.15) is 5.82 Å². The Labute approximate surface area is 123 Å². The van der Waals surface area contributed by atoms with Gasteiger partial charge >= 0.3 is 0 Å². The lowest BCUT2D eigenvalue weighted by molar-refractivity contribution is 0.107. The van der Waals surface area contributed by atoms with E-state index in [1.165, 1.54) is 0 Å². The number of nitrogens with one attached hydrogen (secondary N) is 1. The molecule has 0 atom stereocenters. The van der Waals surface area contributed by atoms with E-state index in [4.69, 9.17) is 16.7 Å². The van der Waals surface area contributed by atoms with Crippen LogP contribution in [0, 0.1) is 0 Å². The van der Waals surface area contributed by atoms with Crippen LogP contribution >= 0.6 is 11.6 Å². The quantitative estimate of drug-likeness (QED) is 0.893. The van der Waals surface area contributed by atoms with E-state index in [0.717, 1.165) is 61.1 Å². The Balaban J connectivity index is 1.62. The maximum absolute atomic E-state index is 8.94. The maximum atomic E-state index is 8.94. The molecule has 0 aliphatic carbocycles. The second-order valence-corrected chi connectivity index (χ2v) is 5.62. The molecular formula is C14H19ClN4O. The Bertz CT molecular complexity index is 578. The van der Waals surface area contributed by atoms with E-state index in [1.807, 2.05) is 18.2 Å². The Hall–Kier alpha value is -1.14. The average Bonchev–Trinajstić information content (AvgIpc) is 2.82. The number of β-amino-alcohol motifs (C(OH)–C–C–N with tert-alkyl or cyclic N) is 1. The zero-order chi connectivity index (χ0) is 13.9. The molecular weight excluding hydrogens is 276 g/mol. The third kappa shape index (κ3) is 3.12. The monoisotopic (exact) mass is 294 g/mol. The van der Waals surface area contributed by atoms with Crippen molar-refractivity contribution in [3.63, 3.8) is 0 Å². The summed E-state index contributed by atoms with van der Waals surface area (Å²) in [6.45, 7) is 5.88. The third-order valence-electron chi connectivity index (χ3n) is 3.75. The van der Waals surface area contributed by atoms with Crippen molar-refractivity contribution in [1.29, 1.82) is 0 Å².